The van der Waals surface area contributed by atoms with E-state index >= 15 is 0 Å². The Hall–Kier alpha value is -2.38. The lowest BCUT2D eigenvalue weighted by Gasteiger charge is -1.94. The van der Waals surface area contributed by atoms with Crippen molar-refractivity contribution in [2.75, 3.05) is 0 Å². The van der Waals surface area contributed by atoms with E-state index in [0.717, 1.165) is 15.6 Å². The quantitative estimate of drug-likeness (QED) is 0.797. The van der Waals surface area contributed by atoms with Crippen LogP contribution in [-0.4, -0.2) is 26.0 Å². The summed E-state index contributed by atoms with van der Waals surface area (Å²) >= 11 is 3.22. The van der Waals surface area contributed by atoms with E-state index in [1.54, 1.807) is 28.7 Å². The van der Waals surface area contributed by atoms with Crippen molar-refractivity contribution in [2.24, 2.45) is 0 Å². The summed E-state index contributed by atoms with van der Waals surface area (Å²) in [6.07, 6.45) is 4.77. The van der Waals surface area contributed by atoms with Crippen LogP contribution in [0, 0.1) is 0 Å². The summed E-state index contributed by atoms with van der Waals surface area (Å²) < 4.78 is 0. The Morgan fingerprint density at radius 2 is 2.05 bits per heavy atom. The molecule has 0 aliphatic carbocycles. The third-order valence-corrected chi connectivity index (χ3v) is 4.49. The normalized spacial score (nSPS) is 11.0. The molecule has 3 rings (SSSR count). The van der Waals surface area contributed by atoms with Crippen molar-refractivity contribution in [1.82, 2.24) is 15.0 Å². The number of carboxylic acid groups (broad SMARTS) is 1. The first kappa shape index (κ1) is 13.6. The topological polar surface area (TPSA) is 76.0 Å². The number of hydrogen-bond donors (Lipinski definition) is 1. The van der Waals surface area contributed by atoms with Gasteiger partial charge in [-0.15, -0.1) is 22.7 Å². The molecular formula is C14H9N3O2S2. The molecule has 0 bridgehead atoms. The van der Waals surface area contributed by atoms with E-state index < -0.39 is 5.97 Å². The monoisotopic (exact) mass is 315 g/mol. The largest absolute Gasteiger partial charge is 0.477 e. The first-order valence-corrected chi connectivity index (χ1v) is 7.71. The van der Waals surface area contributed by atoms with Gasteiger partial charge in [-0.3, -0.25) is 0 Å². The minimum absolute atomic E-state index is 0.0257. The fourth-order valence-corrected chi connectivity index (χ4v) is 3.23. The predicted octanol–water partition coefficient (Wildman–Crippen LogP) is 3.53. The highest BCUT2D eigenvalue weighted by Gasteiger charge is 2.05. The fraction of sp³-hybridized carbons (Fsp3) is 0. The Kier molecular flexibility index (Phi) is 3.85. The SMILES string of the molecule is O=C(O)c1cc(/C=C/c2csc(-c3cccs3)n2)ncn1. The van der Waals surface area contributed by atoms with Crippen LogP contribution in [0.2, 0.25) is 0 Å². The van der Waals surface area contributed by atoms with E-state index in [1.165, 1.54) is 12.4 Å². The van der Waals surface area contributed by atoms with Gasteiger partial charge in [-0.25, -0.2) is 19.7 Å². The molecule has 0 saturated heterocycles. The summed E-state index contributed by atoms with van der Waals surface area (Å²) in [7, 11) is 0. The summed E-state index contributed by atoms with van der Waals surface area (Å²) in [4.78, 5) is 24.2. The van der Waals surface area contributed by atoms with E-state index in [-0.39, 0.29) is 5.69 Å². The third-order valence-electron chi connectivity index (χ3n) is 2.59. The lowest BCUT2D eigenvalue weighted by atomic mass is 10.3. The highest BCUT2D eigenvalue weighted by molar-refractivity contribution is 7.20. The lowest BCUT2D eigenvalue weighted by Crippen LogP contribution is -2.00. The second-order valence-electron chi connectivity index (χ2n) is 4.02. The molecule has 3 aromatic rings. The van der Waals surface area contributed by atoms with Crippen LogP contribution in [-0.2, 0) is 0 Å². The number of carbonyl (C=O) groups is 1. The van der Waals surface area contributed by atoms with Gasteiger partial charge in [-0.1, -0.05) is 6.07 Å². The minimum atomic E-state index is -1.07. The second-order valence-corrected chi connectivity index (χ2v) is 5.83. The van der Waals surface area contributed by atoms with Gasteiger partial charge in [0, 0.05) is 5.38 Å². The Balaban J connectivity index is 1.80. The molecule has 0 aliphatic rings. The van der Waals surface area contributed by atoms with Crippen LogP contribution in [0.5, 0.6) is 0 Å². The summed E-state index contributed by atoms with van der Waals surface area (Å²) in [6.45, 7) is 0. The average Bonchev–Trinajstić information content (AvgIpc) is 3.16. The Labute approximate surface area is 128 Å². The summed E-state index contributed by atoms with van der Waals surface area (Å²) in [5.41, 5.74) is 1.33. The van der Waals surface area contributed by atoms with Gasteiger partial charge < -0.3 is 5.11 Å². The molecule has 104 valence electrons. The van der Waals surface area contributed by atoms with Crippen molar-refractivity contribution in [1.29, 1.82) is 0 Å². The number of aromatic carboxylic acids is 1. The van der Waals surface area contributed by atoms with Gasteiger partial charge in [0.2, 0.25) is 0 Å². The smallest absolute Gasteiger partial charge is 0.354 e. The van der Waals surface area contributed by atoms with Gasteiger partial charge in [-0.05, 0) is 29.7 Å². The maximum absolute atomic E-state index is 10.8. The molecule has 0 saturated carbocycles. The number of thiophene rings is 1. The van der Waals surface area contributed by atoms with Crippen molar-refractivity contribution >= 4 is 40.8 Å². The molecule has 1 N–H and O–H groups in total. The molecule has 0 aliphatic heterocycles. The minimum Gasteiger partial charge on any atom is -0.477 e. The summed E-state index contributed by atoms with van der Waals surface area (Å²) in [5, 5.41) is 13.8. The van der Waals surface area contributed by atoms with Gasteiger partial charge in [0.05, 0.1) is 16.3 Å². The summed E-state index contributed by atoms with van der Waals surface area (Å²) in [5.74, 6) is -1.07. The highest BCUT2D eigenvalue weighted by Crippen LogP contribution is 2.28. The van der Waals surface area contributed by atoms with Crippen molar-refractivity contribution in [2.45, 2.75) is 0 Å². The zero-order chi connectivity index (χ0) is 14.7. The van der Waals surface area contributed by atoms with Crippen LogP contribution in [0.4, 0.5) is 0 Å². The third kappa shape index (κ3) is 3.21. The van der Waals surface area contributed by atoms with Crippen LogP contribution < -0.4 is 0 Å². The van der Waals surface area contributed by atoms with Crippen molar-refractivity contribution in [3.63, 3.8) is 0 Å². The molecule has 21 heavy (non-hydrogen) atoms. The van der Waals surface area contributed by atoms with E-state index in [4.69, 9.17) is 5.11 Å². The number of aromatic nitrogens is 3. The van der Waals surface area contributed by atoms with Gasteiger partial charge in [-0.2, -0.15) is 0 Å². The zero-order valence-corrected chi connectivity index (χ0v) is 12.3. The lowest BCUT2D eigenvalue weighted by molar-refractivity contribution is 0.0690. The number of carboxylic acids is 1. The molecule has 5 nitrogen and oxygen atoms in total. The van der Waals surface area contributed by atoms with Crippen LogP contribution in [0.15, 0.2) is 35.3 Å². The van der Waals surface area contributed by atoms with E-state index in [0.29, 0.717) is 5.69 Å². The maximum Gasteiger partial charge on any atom is 0.354 e. The fourth-order valence-electron chi connectivity index (χ4n) is 1.63. The molecule has 0 aromatic carbocycles. The number of thiazole rings is 1. The predicted molar refractivity (Wildman–Crippen MR) is 83.3 cm³/mol. The van der Waals surface area contributed by atoms with Crippen molar-refractivity contribution < 1.29 is 9.90 Å². The average molecular weight is 315 g/mol. The van der Waals surface area contributed by atoms with Crippen molar-refractivity contribution in [3.8, 4) is 9.88 Å². The van der Waals surface area contributed by atoms with Crippen molar-refractivity contribution in [3.05, 3.63) is 52.4 Å². The van der Waals surface area contributed by atoms with Gasteiger partial charge in [0.15, 0.2) is 5.69 Å². The molecule has 0 amide bonds. The molecule has 0 spiro atoms. The van der Waals surface area contributed by atoms with E-state index in [9.17, 15) is 4.79 Å². The molecule has 0 unspecified atom stereocenters. The van der Waals surface area contributed by atoms with Gasteiger partial charge >= 0.3 is 5.97 Å². The van der Waals surface area contributed by atoms with Crippen LogP contribution in [0.3, 0.4) is 0 Å². The molecular weight excluding hydrogens is 306 g/mol. The molecule has 0 fully saturated rings. The summed E-state index contributed by atoms with van der Waals surface area (Å²) in [6, 6.07) is 5.44. The highest BCUT2D eigenvalue weighted by atomic mass is 32.1. The molecule has 0 atom stereocenters. The Morgan fingerprint density at radius 3 is 2.81 bits per heavy atom. The Morgan fingerprint density at radius 1 is 1.19 bits per heavy atom. The van der Waals surface area contributed by atoms with Gasteiger partial charge in [0.1, 0.15) is 11.3 Å². The number of nitrogens with zero attached hydrogens (tertiary/aromatic N) is 3. The molecule has 3 aromatic heterocycles. The second kappa shape index (κ2) is 5.94. The first-order chi connectivity index (χ1) is 10.2. The Bertz CT molecular complexity index is 794. The van der Waals surface area contributed by atoms with Crippen LogP contribution in [0.1, 0.15) is 21.9 Å². The van der Waals surface area contributed by atoms with Crippen LogP contribution >= 0.6 is 22.7 Å². The standard InChI is InChI=1S/C14H9N3O2S2/c18-14(19)11-6-9(15-8-16-11)3-4-10-7-21-13(17-10)12-2-1-5-20-12/h1-8H,(H,18,19)/b4-3+. The zero-order valence-electron chi connectivity index (χ0n) is 10.6. The first-order valence-electron chi connectivity index (χ1n) is 5.95. The van der Waals surface area contributed by atoms with E-state index in [2.05, 4.69) is 15.0 Å². The number of hydrogen-bond acceptors (Lipinski definition) is 6. The maximum atomic E-state index is 10.8. The molecule has 7 heteroatoms. The van der Waals surface area contributed by atoms with Gasteiger partial charge in [0.25, 0.3) is 0 Å². The number of rotatable bonds is 4. The molecule has 0 radical (unpaired) electrons. The van der Waals surface area contributed by atoms with Crippen LogP contribution in [0.25, 0.3) is 22.0 Å². The molecule has 3 heterocycles. The van der Waals surface area contributed by atoms with E-state index in [1.807, 2.05) is 29.0 Å².